The Hall–Kier alpha value is -2.15. The van der Waals surface area contributed by atoms with Gasteiger partial charge in [-0.1, -0.05) is 29.5 Å². The Morgan fingerprint density at radius 3 is 2.95 bits per heavy atom. The monoisotopic (exact) mass is 291 g/mol. The van der Waals surface area contributed by atoms with Gasteiger partial charge in [0.25, 0.3) is 10.9 Å². The number of hydrogen-bond donors (Lipinski definition) is 0. The fourth-order valence-electron chi connectivity index (χ4n) is 1.42. The van der Waals surface area contributed by atoms with E-state index >= 15 is 0 Å². The van der Waals surface area contributed by atoms with Crippen molar-refractivity contribution in [2.24, 2.45) is 0 Å². The first kappa shape index (κ1) is 14.3. The van der Waals surface area contributed by atoms with Gasteiger partial charge in [-0.2, -0.15) is 0 Å². The summed E-state index contributed by atoms with van der Waals surface area (Å²) in [5.74, 6) is 1.03. The van der Waals surface area contributed by atoms with Gasteiger partial charge < -0.3 is 4.42 Å². The molecule has 20 heavy (non-hydrogen) atoms. The summed E-state index contributed by atoms with van der Waals surface area (Å²) in [6.07, 6.45) is 2.06. The number of benzene rings is 1. The minimum Gasteiger partial charge on any atom is -0.411 e. The van der Waals surface area contributed by atoms with E-state index in [0.717, 1.165) is 5.75 Å². The van der Waals surface area contributed by atoms with E-state index in [1.54, 1.807) is 12.1 Å². The standard InChI is InChI=1S/C13H13N3O3S/c1-9(2)6-7-20-13-15-14-12(19-13)10-4-3-5-11(8-10)16(17)18/h3-6,8H,7H2,1-2H3. The topological polar surface area (TPSA) is 82.1 Å². The van der Waals surface area contributed by atoms with Gasteiger partial charge in [0.2, 0.25) is 5.89 Å². The highest BCUT2D eigenvalue weighted by Gasteiger charge is 2.12. The summed E-state index contributed by atoms with van der Waals surface area (Å²) in [5.41, 5.74) is 1.76. The third-order valence-electron chi connectivity index (χ3n) is 2.41. The summed E-state index contributed by atoms with van der Waals surface area (Å²) in [7, 11) is 0. The van der Waals surface area contributed by atoms with Crippen molar-refractivity contribution in [3.8, 4) is 11.5 Å². The van der Waals surface area contributed by atoms with Gasteiger partial charge in [-0.05, 0) is 19.9 Å². The summed E-state index contributed by atoms with van der Waals surface area (Å²) in [4.78, 5) is 10.3. The molecule has 0 aliphatic heterocycles. The minimum absolute atomic E-state index is 0.000515. The van der Waals surface area contributed by atoms with Crippen molar-refractivity contribution in [3.63, 3.8) is 0 Å². The molecule has 0 spiro atoms. The number of thioether (sulfide) groups is 1. The smallest absolute Gasteiger partial charge is 0.277 e. The predicted molar refractivity (Wildman–Crippen MR) is 76.5 cm³/mol. The predicted octanol–water partition coefficient (Wildman–Crippen LogP) is 3.70. The van der Waals surface area contributed by atoms with Crippen molar-refractivity contribution < 1.29 is 9.34 Å². The molecule has 0 fully saturated rings. The van der Waals surface area contributed by atoms with Crippen molar-refractivity contribution in [2.75, 3.05) is 5.75 Å². The SMILES string of the molecule is CC(C)=CCSc1nnc(-c2cccc([N+](=O)[O-])c2)o1. The molecule has 0 saturated carbocycles. The van der Waals surface area contributed by atoms with E-state index < -0.39 is 4.92 Å². The molecule has 1 heterocycles. The molecule has 7 heteroatoms. The number of non-ortho nitro benzene ring substituents is 1. The summed E-state index contributed by atoms with van der Waals surface area (Å²) >= 11 is 1.42. The van der Waals surface area contributed by atoms with Gasteiger partial charge in [0.05, 0.1) is 4.92 Å². The Balaban J connectivity index is 2.14. The summed E-state index contributed by atoms with van der Waals surface area (Å²) in [5, 5.41) is 19.0. The lowest BCUT2D eigenvalue weighted by atomic mass is 10.2. The zero-order chi connectivity index (χ0) is 14.5. The number of nitrogens with zero attached hydrogens (tertiary/aromatic N) is 3. The summed E-state index contributed by atoms with van der Waals surface area (Å²) in [6.45, 7) is 4.03. The Labute approximate surface area is 120 Å². The van der Waals surface area contributed by atoms with Gasteiger partial charge in [-0.3, -0.25) is 10.1 Å². The highest BCUT2D eigenvalue weighted by Crippen LogP contribution is 2.25. The van der Waals surface area contributed by atoms with E-state index in [0.29, 0.717) is 10.8 Å². The molecular weight excluding hydrogens is 278 g/mol. The maximum atomic E-state index is 10.7. The lowest BCUT2D eigenvalue weighted by molar-refractivity contribution is -0.384. The number of nitro groups is 1. The van der Waals surface area contributed by atoms with Crippen molar-refractivity contribution in [1.29, 1.82) is 0 Å². The van der Waals surface area contributed by atoms with Gasteiger partial charge >= 0.3 is 0 Å². The van der Waals surface area contributed by atoms with Crippen molar-refractivity contribution >= 4 is 17.4 Å². The lowest BCUT2D eigenvalue weighted by Crippen LogP contribution is -1.88. The van der Waals surface area contributed by atoms with E-state index in [1.807, 2.05) is 13.8 Å². The molecule has 0 aliphatic rings. The van der Waals surface area contributed by atoms with Crippen LogP contribution in [0.25, 0.3) is 11.5 Å². The van der Waals surface area contributed by atoms with Gasteiger partial charge in [-0.25, -0.2) is 0 Å². The van der Waals surface area contributed by atoms with Crippen LogP contribution in [0.15, 0.2) is 45.6 Å². The van der Waals surface area contributed by atoms with Crippen LogP contribution in [0.3, 0.4) is 0 Å². The van der Waals surface area contributed by atoms with Crippen LogP contribution in [0.4, 0.5) is 5.69 Å². The molecule has 2 rings (SSSR count). The highest BCUT2D eigenvalue weighted by atomic mass is 32.2. The molecule has 1 aromatic heterocycles. The highest BCUT2D eigenvalue weighted by molar-refractivity contribution is 7.99. The van der Waals surface area contributed by atoms with E-state index in [4.69, 9.17) is 4.42 Å². The molecule has 0 N–H and O–H groups in total. The number of nitro benzene ring substituents is 1. The summed E-state index contributed by atoms with van der Waals surface area (Å²) in [6, 6.07) is 6.13. The fraction of sp³-hybridized carbons (Fsp3) is 0.231. The Bertz CT molecular complexity index is 648. The largest absolute Gasteiger partial charge is 0.411 e. The quantitative estimate of drug-likeness (QED) is 0.361. The van der Waals surface area contributed by atoms with Crippen LogP contribution in [0.1, 0.15) is 13.8 Å². The number of allylic oxidation sites excluding steroid dienone is 1. The average molecular weight is 291 g/mol. The second-order valence-electron chi connectivity index (χ2n) is 4.27. The van der Waals surface area contributed by atoms with E-state index in [1.165, 1.54) is 29.5 Å². The van der Waals surface area contributed by atoms with Crippen LogP contribution in [0.5, 0.6) is 0 Å². The molecule has 104 valence electrons. The van der Waals surface area contributed by atoms with Crippen LogP contribution in [0, 0.1) is 10.1 Å². The Kier molecular flexibility index (Phi) is 4.52. The molecular formula is C13H13N3O3S. The molecule has 0 unspecified atom stereocenters. The summed E-state index contributed by atoms with van der Waals surface area (Å²) < 4.78 is 5.48. The third kappa shape index (κ3) is 3.67. The zero-order valence-corrected chi connectivity index (χ0v) is 11.9. The third-order valence-corrected chi connectivity index (χ3v) is 3.15. The maximum Gasteiger partial charge on any atom is 0.277 e. The Morgan fingerprint density at radius 2 is 2.25 bits per heavy atom. The molecule has 0 saturated heterocycles. The molecule has 0 radical (unpaired) electrons. The van der Waals surface area contributed by atoms with Gasteiger partial charge in [0.1, 0.15) is 0 Å². The van der Waals surface area contributed by atoms with E-state index in [9.17, 15) is 10.1 Å². The fourth-order valence-corrected chi connectivity index (χ4v) is 2.21. The lowest BCUT2D eigenvalue weighted by Gasteiger charge is -1.95. The zero-order valence-electron chi connectivity index (χ0n) is 11.1. The second-order valence-corrected chi connectivity index (χ2v) is 5.24. The molecule has 0 amide bonds. The maximum absolute atomic E-state index is 10.7. The first-order valence-corrected chi connectivity index (χ1v) is 6.89. The minimum atomic E-state index is -0.454. The first-order chi connectivity index (χ1) is 9.56. The Morgan fingerprint density at radius 1 is 1.45 bits per heavy atom. The number of rotatable bonds is 5. The molecule has 2 aromatic rings. The van der Waals surface area contributed by atoms with Crippen molar-refractivity contribution in [3.05, 3.63) is 46.0 Å². The van der Waals surface area contributed by atoms with Gasteiger partial charge in [0.15, 0.2) is 0 Å². The van der Waals surface area contributed by atoms with Crippen LogP contribution in [-0.4, -0.2) is 20.9 Å². The number of aromatic nitrogens is 2. The van der Waals surface area contributed by atoms with Crippen LogP contribution < -0.4 is 0 Å². The van der Waals surface area contributed by atoms with Crippen molar-refractivity contribution in [1.82, 2.24) is 10.2 Å². The molecule has 6 nitrogen and oxygen atoms in total. The van der Waals surface area contributed by atoms with Gasteiger partial charge in [-0.15, -0.1) is 10.2 Å². The molecule has 1 aromatic carbocycles. The van der Waals surface area contributed by atoms with Gasteiger partial charge in [0, 0.05) is 23.4 Å². The normalized spacial score (nSPS) is 10.3. The first-order valence-electron chi connectivity index (χ1n) is 5.91. The second kappa shape index (κ2) is 6.33. The van der Waals surface area contributed by atoms with Crippen LogP contribution in [-0.2, 0) is 0 Å². The average Bonchev–Trinajstić information content (AvgIpc) is 2.87. The number of hydrogen-bond acceptors (Lipinski definition) is 6. The van der Waals surface area contributed by atoms with Crippen LogP contribution in [0.2, 0.25) is 0 Å². The van der Waals surface area contributed by atoms with E-state index in [2.05, 4.69) is 16.3 Å². The molecule has 0 aliphatic carbocycles. The van der Waals surface area contributed by atoms with Crippen molar-refractivity contribution in [2.45, 2.75) is 19.1 Å². The molecule has 0 atom stereocenters. The van der Waals surface area contributed by atoms with Crippen LogP contribution >= 0.6 is 11.8 Å². The molecule has 0 bridgehead atoms. The van der Waals surface area contributed by atoms with E-state index in [-0.39, 0.29) is 11.6 Å².